The lowest BCUT2D eigenvalue weighted by molar-refractivity contribution is -0.145. The van der Waals surface area contributed by atoms with E-state index in [-0.39, 0.29) is 23.1 Å². The van der Waals surface area contributed by atoms with Gasteiger partial charge in [0.2, 0.25) is 11.8 Å². The van der Waals surface area contributed by atoms with Crippen LogP contribution in [0.1, 0.15) is 45.4 Å². The van der Waals surface area contributed by atoms with Gasteiger partial charge in [-0.3, -0.25) is 19.8 Å². The minimum absolute atomic E-state index is 0.0122. The average Bonchev–Trinajstić information content (AvgIpc) is 2.89. The van der Waals surface area contributed by atoms with Crippen molar-refractivity contribution >= 4 is 11.8 Å². The summed E-state index contributed by atoms with van der Waals surface area (Å²) in [4.78, 5) is 26.5. The van der Waals surface area contributed by atoms with Crippen LogP contribution in [0.4, 0.5) is 0 Å². The molecule has 2 amide bonds. The lowest BCUT2D eigenvalue weighted by Crippen LogP contribution is -2.55. The Labute approximate surface area is 108 Å². The van der Waals surface area contributed by atoms with E-state index in [1.807, 2.05) is 0 Å². The van der Waals surface area contributed by atoms with Crippen molar-refractivity contribution in [3.05, 3.63) is 0 Å². The quantitative estimate of drug-likeness (QED) is 0.752. The molecule has 0 aromatic rings. The Balaban J connectivity index is 1.94. The van der Waals surface area contributed by atoms with Crippen molar-refractivity contribution in [3.8, 4) is 0 Å². The number of amides is 2. The van der Waals surface area contributed by atoms with Gasteiger partial charge in [0.25, 0.3) is 0 Å². The van der Waals surface area contributed by atoms with Gasteiger partial charge in [-0.2, -0.15) is 0 Å². The Morgan fingerprint density at radius 2 is 2.22 bits per heavy atom. The molecule has 0 radical (unpaired) electrons. The fourth-order valence-electron chi connectivity index (χ4n) is 4.54. The molecule has 0 bridgehead atoms. The van der Waals surface area contributed by atoms with E-state index in [0.717, 1.165) is 32.4 Å². The van der Waals surface area contributed by atoms with E-state index in [1.165, 1.54) is 12.8 Å². The summed E-state index contributed by atoms with van der Waals surface area (Å²) < 4.78 is 0. The van der Waals surface area contributed by atoms with Crippen molar-refractivity contribution in [3.63, 3.8) is 0 Å². The third kappa shape index (κ3) is 1.62. The first-order chi connectivity index (χ1) is 8.67. The predicted octanol–water partition coefficient (Wildman–Crippen LogP) is 1.30. The standard InChI is InChI=1S/C14H22N2O2/c1-2-4-10-13(18)15-12(17)9-14(10)6-8-16-7-3-5-11(14)16/h10-11H,2-9H2,1H3,(H,15,17,18). The number of nitrogens with zero attached hydrogens (tertiary/aromatic N) is 1. The minimum Gasteiger partial charge on any atom is -0.300 e. The number of carbonyl (C=O) groups excluding carboxylic acids is 2. The first-order valence-electron chi connectivity index (χ1n) is 7.25. The summed E-state index contributed by atoms with van der Waals surface area (Å²) in [6.07, 6.45) is 5.91. The van der Waals surface area contributed by atoms with E-state index >= 15 is 0 Å². The molecular formula is C14H22N2O2. The number of piperidine rings is 1. The van der Waals surface area contributed by atoms with E-state index in [2.05, 4.69) is 17.1 Å². The Morgan fingerprint density at radius 3 is 3.00 bits per heavy atom. The second kappa shape index (κ2) is 4.34. The summed E-state index contributed by atoms with van der Waals surface area (Å²) >= 11 is 0. The zero-order valence-corrected chi connectivity index (χ0v) is 11.1. The van der Waals surface area contributed by atoms with Crippen molar-refractivity contribution in [1.82, 2.24) is 10.2 Å². The van der Waals surface area contributed by atoms with E-state index < -0.39 is 0 Å². The van der Waals surface area contributed by atoms with Crippen LogP contribution in [0.5, 0.6) is 0 Å². The smallest absolute Gasteiger partial charge is 0.230 e. The fourth-order valence-corrected chi connectivity index (χ4v) is 4.54. The number of nitrogens with one attached hydrogen (secondary N) is 1. The van der Waals surface area contributed by atoms with Crippen LogP contribution in [0.3, 0.4) is 0 Å². The molecular weight excluding hydrogens is 228 g/mol. The van der Waals surface area contributed by atoms with E-state index in [9.17, 15) is 9.59 Å². The molecule has 18 heavy (non-hydrogen) atoms. The van der Waals surface area contributed by atoms with Crippen molar-refractivity contribution < 1.29 is 9.59 Å². The summed E-state index contributed by atoms with van der Waals surface area (Å²) in [7, 11) is 0. The Hall–Kier alpha value is -0.900. The minimum atomic E-state index is -0.0545. The first kappa shape index (κ1) is 12.2. The molecule has 100 valence electrons. The van der Waals surface area contributed by atoms with E-state index in [0.29, 0.717) is 12.5 Å². The topological polar surface area (TPSA) is 49.4 Å². The largest absolute Gasteiger partial charge is 0.300 e. The molecule has 1 spiro atoms. The molecule has 3 rings (SSSR count). The highest BCUT2D eigenvalue weighted by atomic mass is 16.2. The van der Waals surface area contributed by atoms with Crippen LogP contribution in [0.15, 0.2) is 0 Å². The average molecular weight is 250 g/mol. The van der Waals surface area contributed by atoms with Crippen LogP contribution >= 0.6 is 0 Å². The number of hydrogen-bond acceptors (Lipinski definition) is 3. The highest BCUT2D eigenvalue weighted by Crippen LogP contribution is 2.52. The number of hydrogen-bond donors (Lipinski definition) is 1. The Morgan fingerprint density at radius 1 is 1.39 bits per heavy atom. The summed E-state index contributed by atoms with van der Waals surface area (Å²) in [6, 6.07) is 0.476. The molecule has 3 fully saturated rings. The molecule has 0 aromatic carbocycles. The highest BCUT2D eigenvalue weighted by molar-refractivity contribution is 6.00. The molecule has 0 saturated carbocycles. The Kier molecular flexibility index (Phi) is 2.93. The van der Waals surface area contributed by atoms with Gasteiger partial charge in [-0.1, -0.05) is 13.3 Å². The second-order valence-electron chi connectivity index (χ2n) is 6.11. The van der Waals surface area contributed by atoms with Crippen molar-refractivity contribution in [2.45, 2.75) is 51.5 Å². The lowest BCUT2D eigenvalue weighted by atomic mass is 9.63. The van der Waals surface area contributed by atoms with Gasteiger partial charge in [0, 0.05) is 23.8 Å². The fraction of sp³-hybridized carbons (Fsp3) is 0.857. The first-order valence-corrected chi connectivity index (χ1v) is 7.25. The molecule has 3 atom stereocenters. The van der Waals surface area contributed by atoms with Crippen LogP contribution in [0, 0.1) is 11.3 Å². The van der Waals surface area contributed by atoms with Crippen LogP contribution in [0.25, 0.3) is 0 Å². The number of rotatable bonds is 2. The summed E-state index contributed by atoms with van der Waals surface area (Å²) in [6.45, 7) is 4.35. The van der Waals surface area contributed by atoms with Crippen LogP contribution in [0.2, 0.25) is 0 Å². The molecule has 3 unspecified atom stereocenters. The normalized spacial score (nSPS) is 40.3. The highest BCUT2D eigenvalue weighted by Gasteiger charge is 2.57. The second-order valence-corrected chi connectivity index (χ2v) is 6.11. The van der Waals surface area contributed by atoms with Gasteiger partial charge in [-0.05, 0) is 38.8 Å². The van der Waals surface area contributed by atoms with Gasteiger partial charge in [-0.25, -0.2) is 0 Å². The van der Waals surface area contributed by atoms with Gasteiger partial charge >= 0.3 is 0 Å². The molecule has 3 aliphatic rings. The number of imide groups is 1. The summed E-state index contributed by atoms with van der Waals surface area (Å²) in [5.41, 5.74) is -0.0497. The van der Waals surface area contributed by atoms with Crippen molar-refractivity contribution in [2.24, 2.45) is 11.3 Å². The maximum absolute atomic E-state index is 12.2. The van der Waals surface area contributed by atoms with Crippen LogP contribution in [-0.2, 0) is 9.59 Å². The van der Waals surface area contributed by atoms with E-state index in [1.54, 1.807) is 0 Å². The number of fused-ring (bicyclic) bond motifs is 2. The SMILES string of the molecule is CCCC1C(=O)NC(=O)CC12CCN1CCCC12. The maximum atomic E-state index is 12.2. The predicted molar refractivity (Wildman–Crippen MR) is 67.8 cm³/mol. The van der Waals surface area contributed by atoms with Crippen LogP contribution < -0.4 is 5.32 Å². The zero-order chi connectivity index (χ0) is 12.8. The zero-order valence-electron chi connectivity index (χ0n) is 11.1. The molecule has 3 aliphatic heterocycles. The van der Waals surface area contributed by atoms with Crippen molar-refractivity contribution in [1.29, 1.82) is 0 Å². The third-order valence-electron chi connectivity index (χ3n) is 5.23. The Bertz CT molecular complexity index is 382. The lowest BCUT2D eigenvalue weighted by Gasteiger charge is -2.43. The molecule has 3 heterocycles. The summed E-state index contributed by atoms with van der Waals surface area (Å²) in [5, 5.41) is 2.55. The molecule has 0 aliphatic carbocycles. The number of carbonyl (C=O) groups is 2. The van der Waals surface area contributed by atoms with E-state index in [4.69, 9.17) is 0 Å². The molecule has 4 nitrogen and oxygen atoms in total. The maximum Gasteiger partial charge on any atom is 0.230 e. The molecule has 0 aromatic heterocycles. The van der Waals surface area contributed by atoms with Crippen LogP contribution in [-0.4, -0.2) is 35.8 Å². The molecule has 4 heteroatoms. The van der Waals surface area contributed by atoms with Gasteiger partial charge < -0.3 is 0 Å². The third-order valence-corrected chi connectivity index (χ3v) is 5.23. The monoisotopic (exact) mass is 250 g/mol. The van der Waals surface area contributed by atoms with Gasteiger partial charge in [0.15, 0.2) is 0 Å². The van der Waals surface area contributed by atoms with Gasteiger partial charge in [0.1, 0.15) is 0 Å². The van der Waals surface area contributed by atoms with Gasteiger partial charge in [-0.15, -0.1) is 0 Å². The van der Waals surface area contributed by atoms with Gasteiger partial charge in [0.05, 0.1) is 0 Å². The molecule has 3 saturated heterocycles. The molecule has 1 N–H and O–H groups in total. The van der Waals surface area contributed by atoms with Crippen molar-refractivity contribution in [2.75, 3.05) is 13.1 Å². The summed E-state index contributed by atoms with van der Waals surface area (Å²) in [5.74, 6) is -0.0174.